The van der Waals surface area contributed by atoms with Gasteiger partial charge in [0.15, 0.2) is 9.84 Å². The van der Waals surface area contributed by atoms with Crippen LogP contribution in [0.15, 0.2) is 77.8 Å². The van der Waals surface area contributed by atoms with Crippen LogP contribution < -0.4 is 10.1 Å². The highest BCUT2D eigenvalue weighted by Crippen LogP contribution is 2.28. The van der Waals surface area contributed by atoms with Gasteiger partial charge >= 0.3 is 0 Å². The quantitative estimate of drug-likeness (QED) is 0.407. The topological polar surface area (TPSA) is 90.3 Å². The molecule has 1 aromatic heterocycles. The number of rotatable bonds is 6. The first-order valence-electron chi connectivity index (χ1n) is 10.3. The highest BCUT2D eigenvalue weighted by molar-refractivity contribution is 7.90. The number of carbonyl (C=O) groups is 1. The van der Waals surface area contributed by atoms with Crippen LogP contribution in [0.1, 0.15) is 15.9 Å². The van der Waals surface area contributed by atoms with Gasteiger partial charge in [0.1, 0.15) is 17.3 Å². The zero-order valence-electron chi connectivity index (χ0n) is 18.7. The molecule has 3 aromatic carbocycles. The summed E-state index contributed by atoms with van der Waals surface area (Å²) in [6.45, 7) is 1.96. The molecule has 7 nitrogen and oxygen atoms in total. The molecule has 34 heavy (non-hydrogen) atoms. The van der Waals surface area contributed by atoms with E-state index >= 15 is 0 Å². The lowest BCUT2D eigenvalue weighted by Crippen LogP contribution is -2.14. The van der Waals surface area contributed by atoms with E-state index in [9.17, 15) is 17.6 Å². The number of benzene rings is 3. The number of carbonyl (C=O) groups excluding carboxylic acids is 1. The fourth-order valence-corrected chi connectivity index (χ4v) is 4.02. The van der Waals surface area contributed by atoms with Crippen LogP contribution in [0, 0.1) is 12.7 Å². The van der Waals surface area contributed by atoms with E-state index in [0.717, 1.165) is 35.7 Å². The van der Waals surface area contributed by atoms with E-state index in [2.05, 4.69) is 10.4 Å². The summed E-state index contributed by atoms with van der Waals surface area (Å²) in [4.78, 5) is 13.2. The predicted molar refractivity (Wildman–Crippen MR) is 128 cm³/mol. The molecule has 9 heteroatoms. The number of aryl methyl sites for hydroxylation is 1. The van der Waals surface area contributed by atoms with Crippen LogP contribution in [0.4, 0.5) is 10.1 Å². The summed E-state index contributed by atoms with van der Waals surface area (Å²) in [5.41, 5.74) is 2.73. The van der Waals surface area contributed by atoms with Crippen molar-refractivity contribution in [2.45, 2.75) is 11.8 Å². The molecule has 0 radical (unpaired) electrons. The molecule has 0 aliphatic carbocycles. The maximum atomic E-state index is 14.4. The monoisotopic (exact) mass is 479 g/mol. The van der Waals surface area contributed by atoms with Gasteiger partial charge in [-0.2, -0.15) is 5.10 Å². The molecule has 0 spiro atoms. The number of amides is 1. The Kier molecular flexibility index (Phi) is 6.21. The van der Waals surface area contributed by atoms with Crippen molar-refractivity contribution in [1.29, 1.82) is 0 Å². The first-order valence-corrected chi connectivity index (χ1v) is 12.2. The molecule has 174 valence electrons. The normalized spacial score (nSPS) is 11.3. The van der Waals surface area contributed by atoms with Gasteiger partial charge in [-0.05, 0) is 49.4 Å². The fraction of sp³-hybridized carbons (Fsp3) is 0.120. The van der Waals surface area contributed by atoms with E-state index in [1.807, 2.05) is 31.2 Å². The Bertz CT molecular complexity index is 1480. The highest BCUT2D eigenvalue weighted by atomic mass is 32.2. The molecule has 0 bridgehead atoms. The summed E-state index contributed by atoms with van der Waals surface area (Å²) in [5.74, 6) is -0.809. The van der Waals surface area contributed by atoms with Crippen molar-refractivity contribution in [3.8, 4) is 22.7 Å². The Balaban J connectivity index is 1.79. The number of methoxy groups -OCH3 is 1. The Morgan fingerprint density at radius 3 is 2.47 bits per heavy atom. The second-order valence-electron chi connectivity index (χ2n) is 7.77. The van der Waals surface area contributed by atoms with Crippen LogP contribution in [-0.2, 0) is 9.84 Å². The lowest BCUT2D eigenvalue weighted by molar-refractivity contribution is 0.102. The van der Waals surface area contributed by atoms with Crippen LogP contribution in [0.25, 0.3) is 16.9 Å². The van der Waals surface area contributed by atoms with Crippen LogP contribution in [-0.4, -0.2) is 37.5 Å². The van der Waals surface area contributed by atoms with Crippen LogP contribution in [0.3, 0.4) is 0 Å². The molecule has 1 heterocycles. The van der Waals surface area contributed by atoms with Crippen molar-refractivity contribution in [3.05, 3.63) is 89.9 Å². The number of ether oxygens (including phenoxy) is 1. The summed E-state index contributed by atoms with van der Waals surface area (Å²) in [6.07, 6.45) is 2.56. The van der Waals surface area contributed by atoms with Crippen molar-refractivity contribution < 1.29 is 22.3 Å². The number of anilines is 1. The van der Waals surface area contributed by atoms with Crippen molar-refractivity contribution in [2.24, 2.45) is 0 Å². The standard InChI is InChI=1S/C25H22FN3O4S/c1-16-7-9-18(10-8-16)29-15-21(24(28-29)17-5-4-6-19(13-17)33-2)25(30)27-23-14-20(34(3,31)32)11-12-22(23)26/h4-15H,1-3H3,(H,27,30). The molecule has 0 saturated carbocycles. The van der Waals surface area contributed by atoms with Gasteiger partial charge < -0.3 is 10.1 Å². The molecule has 1 N–H and O–H groups in total. The van der Waals surface area contributed by atoms with Gasteiger partial charge in [0.25, 0.3) is 5.91 Å². The molecule has 4 rings (SSSR count). The number of sulfone groups is 1. The SMILES string of the molecule is COc1cccc(-c2nn(-c3ccc(C)cc3)cc2C(=O)Nc2cc(S(C)(=O)=O)ccc2F)c1. The molecular formula is C25H22FN3O4S. The Labute approximate surface area is 196 Å². The van der Waals surface area contributed by atoms with E-state index in [-0.39, 0.29) is 16.1 Å². The molecular weight excluding hydrogens is 457 g/mol. The molecule has 0 saturated heterocycles. The Morgan fingerprint density at radius 1 is 1.06 bits per heavy atom. The number of hydrogen-bond donors (Lipinski definition) is 1. The lowest BCUT2D eigenvalue weighted by atomic mass is 10.1. The number of halogens is 1. The predicted octanol–water partition coefficient (Wildman–Crippen LogP) is 4.65. The summed E-state index contributed by atoms with van der Waals surface area (Å²) in [5, 5.41) is 7.10. The average molecular weight is 480 g/mol. The minimum atomic E-state index is -3.59. The van der Waals surface area contributed by atoms with Crippen LogP contribution >= 0.6 is 0 Å². The van der Waals surface area contributed by atoms with Gasteiger partial charge in [0.05, 0.1) is 28.9 Å². The third-order valence-corrected chi connectivity index (χ3v) is 6.32. The number of nitrogens with zero attached hydrogens (tertiary/aromatic N) is 2. The van der Waals surface area contributed by atoms with Gasteiger partial charge in [0.2, 0.25) is 0 Å². The zero-order chi connectivity index (χ0) is 24.5. The number of nitrogens with one attached hydrogen (secondary N) is 1. The van der Waals surface area contributed by atoms with Gasteiger partial charge in [-0.15, -0.1) is 0 Å². The molecule has 1 amide bonds. The lowest BCUT2D eigenvalue weighted by Gasteiger charge is -2.09. The van der Waals surface area contributed by atoms with Gasteiger partial charge in [-0.3, -0.25) is 4.79 Å². The average Bonchev–Trinajstić information content (AvgIpc) is 3.26. The highest BCUT2D eigenvalue weighted by Gasteiger charge is 2.21. The maximum Gasteiger partial charge on any atom is 0.259 e. The van der Waals surface area contributed by atoms with Crippen molar-refractivity contribution >= 4 is 21.4 Å². The third kappa shape index (κ3) is 4.84. The summed E-state index contributed by atoms with van der Waals surface area (Å²) < 4.78 is 45.0. The first kappa shape index (κ1) is 23.2. The van der Waals surface area contributed by atoms with Crippen molar-refractivity contribution in [1.82, 2.24) is 9.78 Å². The summed E-state index contributed by atoms with van der Waals surface area (Å²) in [6, 6.07) is 17.9. The molecule has 0 unspecified atom stereocenters. The van der Waals surface area contributed by atoms with E-state index in [0.29, 0.717) is 17.0 Å². The van der Waals surface area contributed by atoms with Gasteiger partial charge in [-0.25, -0.2) is 17.5 Å². The maximum absolute atomic E-state index is 14.4. The van der Waals surface area contributed by atoms with Crippen molar-refractivity contribution in [3.63, 3.8) is 0 Å². The summed E-state index contributed by atoms with van der Waals surface area (Å²) in [7, 11) is -2.05. The number of aromatic nitrogens is 2. The van der Waals surface area contributed by atoms with Gasteiger partial charge in [-0.1, -0.05) is 29.8 Å². The van der Waals surface area contributed by atoms with E-state index in [1.54, 1.807) is 35.1 Å². The smallest absolute Gasteiger partial charge is 0.259 e. The zero-order valence-corrected chi connectivity index (χ0v) is 19.6. The van der Waals surface area contributed by atoms with Gasteiger partial charge in [0, 0.05) is 18.0 Å². The van der Waals surface area contributed by atoms with E-state index in [4.69, 9.17) is 4.74 Å². The largest absolute Gasteiger partial charge is 0.497 e. The molecule has 0 atom stereocenters. The van der Waals surface area contributed by atoms with E-state index < -0.39 is 21.6 Å². The first-order chi connectivity index (χ1) is 16.2. The molecule has 4 aromatic rings. The number of hydrogen-bond acceptors (Lipinski definition) is 5. The molecule has 0 fully saturated rings. The Morgan fingerprint density at radius 2 is 1.79 bits per heavy atom. The third-order valence-electron chi connectivity index (χ3n) is 5.21. The fourth-order valence-electron chi connectivity index (χ4n) is 3.37. The van der Waals surface area contributed by atoms with Crippen LogP contribution in [0.5, 0.6) is 5.75 Å². The second kappa shape index (κ2) is 9.11. The van der Waals surface area contributed by atoms with Crippen molar-refractivity contribution in [2.75, 3.05) is 18.7 Å². The minimum absolute atomic E-state index is 0.104. The second-order valence-corrected chi connectivity index (χ2v) is 9.79. The molecule has 0 aliphatic rings. The minimum Gasteiger partial charge on any atom is -0.497 e. The van der Waals surface area contributed by atoms with E-state index in [1.165, 1.54) is 7.11 Å². The molecule has 0 aliphatic heterocycles. The summed E-state index contributed by atoms with van der Waals surface area (Å²) >= 11 is 0. The van der Waals surface area contributed by atoms with Crippen LogP contribution in [0.2, 0.25) is 0 Å². The Hall–Kier alpha value is -3.98.